The van der Waals surface area contributed by atoms with Gasteiger partial charge in [-0.25, -0.2) is 0 Å². The quantitative estimate of drug-likeness (QED) is 0.754. The number of methoxy groups -OCH3 is 1. The number of hydrogen-bond acceptors (Lipinski definition) is 3. The third-order valence-electron chi connectivity index (χ3n) is 2.62. The molecule has 5 nitrogen and oxygen atoms in total. The minimum Gasteiger partial charge on any atom is -0.382 e. The maximum absolute atomic E-state index is 11.8. The number of nitrogens with one attached hydrogen (secondary N) is 1. The number of benzene rings is 1. The van der Waals surface area contributed by atoms with Crippen LogP contribution in [-0.2, 0) is 20.7 Å². The molecule has 1 aromatic rings. The number of hydrogen-bond donors (Lipinski definition) is 2. The first-order valence-corrected chi connectivity index (χ1v) is 5.66. The largest absolute Gasteiger partial charge is 0.382 e. The van der Waals surface area contributed by atoms with Crippen LogP contribution >= 0.6 is 0 Å². The molecule has 0 aliphatic heterocycles. The standard InChI is InChI=1S/C13H18N2O3/c1-9-5-3-4-6-10(9)7-12(16)15-11(8-18-2)13(14)17/h3-6,11H,7-8H2,1-2H3,(H2,14,17)(H,15,16)/t11-/m1/s1. The van der Waals surface area contributed by atoms with E-state index in [0.717, 1.165) is 11.1 Å². The lowest BCUT2D eigenvalue weighted by Crippen LogP contribution is -2.47. The van der Waals surface area contributed by atoms with E-state index in [4.69, 9.17) is 10.5 Å². The van der Waals surface area contributed by atoms with Gasteiger partial charge in [0.1, 0.15) is 6.04 Å². The van der Waals surface area contributed by atoms with E-state index in [1.54, 1.807) is 0 Å². The van der Waals surface area contributed by atoms with Crippen molar-refractivity contribution in [2.45, 2.75) is 19.4 Å². The number of primary amides is 1. The number of aryl methyl sites for hydroxylation is 1. The van der Waals surface area contributed by atoms with Crippen LogP contribution in [0.5, 0.6) is 0 Å². The first kappa shape index (κ1) is 14.2. The molecule has 0 heterocycles. The Bertz CT molecular complexity index is 432. The molecule has 0 saturated heterocycles. The predicted molar refractivity (Wildman–Crippen MR) is 67.9 cm³/mol. The summed E-state index contributed by atoms with van der Waals surface area (Å²) in [6.07, 6.45) is 0.222. The smallest absolute Gasteiger partial charge is 0.242 e. The molecule has 0 aliphatic carbocycles. The molecule has 0 saturated carbocycles. The van der Waals surface area contributed by atoms with Crippen LogP contribution in [0.25, 0.3) is 0 Å². The molecule has 0 aromatic heterocycles. The van der Waals surface area contributed by atoms with Crippen molar-refractivity contribution in [1.82, 2.24) is 5.32 Å². The van der Waals surface area contributed by atoms with Gasteiger partial charge in [-0.05, 0) is 18.1 Å². The van der Waals surface area contributed by atoms with Crippen molar-refractivity contribution in [2.24, 2.45) is 5.73 Å². The average molecular weight is 250 g/mol. The minimum absolute atomic E-state index is 0.0782. The van der Waals surface area contributed by atoms with Gasteiger partial charge in [0.05, 0.1) is 13.0 Å². The zero-order chi connectivity index (χ0) is 13.5. The molecule has 98 valence electrons. The normalized spacial score (nSPS) is 11.9. The zero-order valence-corrected chi connectivity index (χ0v) is 10.6. The van der Waals surface area contributed by atoms with E-state index in [1.165, 1.54) is 7.11 Å². The van der Waals surface area contributed by atoms with Gasteiger partial charge in [0.25, 0.3) is 0 Å². The lowest BCUT2D eigenvalue weighted by molar-refractivity contribution is -0.128. The van der Waals surface area contributed by atoms with Gasteiger partial charge >= 0.3 is 0 Å². The van der Waals surface area contributed by atoms with E-state index in [0.29, 0.717) is 0 Å². The van der Waals surface area contributed by atoms with Crippen molar-refractivity contribution in [3.05, 3.63) is 35.4 Å². The highest BCUT2D eigenvalue weighted by Crippen LogP contribution is 2.07. The van der Waals surface area contributed by atoms with Crippen molar-refractivity contribution in [1.29, 1.82) is 0 Å². The minimum atomic E-state index is -0.786. The van der Waals surface area contributed by atoms with Gasteiger partial charge in [-0.1, -0.05) is 24.3 Å². The van der Waals surface area contributed by atoms with E-state index in [9.17, 15) is 9.59 Å². The van der Waals surface area contributed by atoms with Crippen molar-refractivity contribution in [3.63, 3.8) is 0 Å². The zero-order valence-electron chi connectivity index (χ0n) is 10.6. The number of rotatable bonds is 6. The SMILES string of the molecule is COC[C@@H](NC(=O)Cc1ccccc1C)C(N)=O. The molecule has 0 unspecified atom stereocenters. The van der Waals surface area contributed by atoms with Crippen LogP contribution in [0.1, 0.15) is 11.1 Å². The lowest BCUT2D eigenvalue weighted by atomic mass is 10.1. The summed E-state index contributed by atoms with van der Waals surface area (Å²) in [5.74, 6) is -0.847. The number of carbonyl (C=O) groups is 2. The third-order valence-corrected chi connectivity index (χ3v) is 2.62. The third kappa shape index (κ3) is 4.18. The van der Waals surface area contributed by atoms with E-state index >= 15 is 0 Å². The first-order chi connectivity index (χ1) is 8.54. The summed E-state index contributed by atoms with van der Waals surface area (Å²) in [6, 6.07) is 6.81. The highest BCUT2D eigenvalue weighted by Gasteiger charge is 2.17. The fourth-order valence-electron chi connectivity index (χ4n) is 1.59. The monoisotopic (exact) mass is 250 g/mol. The summed E-state index contributed by atoms with van der Waals surface area (Å²) in [4.78, 5) is 22.9. The Morgan fingerprint density at radius 3 is 2.61 bits per heavy atom. The second-order valence-corrected chi connectivity index (χ2v) is 4.08. The Morgan fingerprint density at radius 2 is 2.06 bits per heavy atom. The van der Waals surface area contributed by atoms with Crippen LogP contribution < -0.4 is 11.1 Å². The van der Waals surface area contributed by atoms with Crippen LogP contribution in [0.2, 0.25) is 0 Å². The molecule has 0 radical (unpaired) electrons. The molecule has 1 rings (SSSR count). The molecular formula is C13H18N2O3. The maximum Gasteiger partial charge on any atom is 0.242 e. The second kappa shape index (κ2) is 6.76. The number of carbonyl (C=O) groups excluding carboxylic acids is 2. The van der Waals surface area contributed by atoms with Crippen LogP contribution in [-0.4, -0.2) is 31.6 Å². The van der Waals surface area contributed by atoms with Gasteiger partial charge < -0.3 is 15.8 Å². The molecule has 5 heteroatoms. The number of amides is 2. The van der Waals surface area contributed by atoms with Crippen molar-refractivity contribution in [3.8, 4) is 0 Å². The average Bonchev–Trinajstić information content (AvgIpc) is 2.31. The van der Waals surface area contributed by atoms with Crippen molar-refractivity contribution >= 4 is 11.8 Å². The second-order valence-electron chi connectivity index (χ2n) is 4.08. The number of ether oxygens (including phenoxy) is 1. The Labute approximate surface area is 106 Å². The highest BCUT2D eigenvalue weighted by atomic mass is 16.5. The summed E-state index contributed by atoms with van der Waals surface area (Å²) >= 11 is 0. The van der Waals surface area contributed by atoms with Crippen molar-refractivity contribution in [2.75, 3.05) is 13.7 Å². The Morgan fingerprint density at radius 1 is 1.39 bits per heavy atom. The summed E-state index contributed by atoms with van der Waals surface area (Å²) in [6.45, 7) is 2.01. The van der Waals surface area contributed by atoms with Gasteiger partial charge in [-0.15, -0.1) is 0 Å². The fraction of sp³-hybridized carbons (Fsp3) is 0.385. The summed E-state index contributed by atoms with van der Waals surface area (Å²) in [7, 11) is 1.45. The first-order valence-electron chi connectivity index (χ1n) is 5.66. The molecule has 1 aromatic carbocycles. The van der Waals surface area contributed by atoms with E-state index in [-0.39, 0.29) is 18.9 Å². The molecule has 0 spiro atoms. The van der Waals surface area contributed by atoms with Crippen LogP contribution in [0.4, 0.5) is 0 Å². The fourth-order valence-corrected chi connectivity index (χ4v) is 1.59. The van der Waals surface area contributed by atoms with Crippen molar-refractivity contribution < 1.29 is 14.3 Å². The summed E-state index contributed by atoms with van der Waals surface area (Å²) < 4.78 is 4.82. The van der Waals surface area contributed by atoms with Crippen LogP contribution in [0.15, 0.2) is 24.3 Å². The molecule has 0 bridgehead atoms. The molecule has 3 N–H and O–H groups in total. The summed E-state index contributed by atoms with van der Waals surface area (Å²) in [5.41, 5.74) is 7.12. The lowest BCUT2D eigenvalue weighted by Gasteiger charge is -2.14. The molecule has 1 atom stereocenters. The van der Waals surface area contributed by atoms with E-state index in [2.05, 4.69) is 5.32 Å². The van der Waals surface area contributed by atoms with E-state index < -0.39 is 11.9 Å². The van der Waals surface area contributed by atoms with Gasteiger partial charge in [0.15, 0.2) is 0 Å². The topological polar surface area (TPSA) is 81.4 Å². The Balaban J connectivity index is 2.61. The van der Waals surface area contributed by atoms with Gasteiger partial charge in [0.2, 0.25) is 11.8 Å². The molecule has 18 heavy (non-hydrogen) atoms. The number of nitrogens with two attached hydrogens (primary N) is 1. The van der Waals surface area contributed by atoms with Crippen LogP contribution in [0, 0.1) is 6.92 Å². The van der Waals surface area contributed by atoms with Gasteiger partial charge in [0, 0.05) is 7.11 Å². The molecule has 0 aliphatic rings. The van der Waals surface area contributed by atoms with Crippen LogP contribution in [0.3, 0.4) is 0 Å². The maximum atomic E-state index is 11.8. The predicted octanol–water partition coefficient (Wildman–Crippen LogP) is 0.154. The highest BCUT2D eigenvalue weighted by molar-refractivity contribution is 5.87. The Kier molecular flexibility index (Phi) is 5.32. The Hall–Kier alpha value is -1.88. The molecule has 2 amide bonds. The van der Waals surface area contributed by atoms with Gasteiger partial charge in [-0.3, -0.25) is 9.59 Å². The molecular weight excluding hydrogens is 232 g/mol. The molecule has 0 fully saturated rings. The summed E-state index contributed by atoms with van der Waals surface area (Å²) in [5, 5.41) is 2.55. The van der Waals surface area contributed by atoms with E-state index in [1.807, 2.05) is 31.2 Å². The van der Waals surface area contributed by atoms with Gasteiger partial charge in [-0.2, -0.15) is 0 Å².